The first-order chi connectivity index (χ1) is 47.4. The van der Waals surface area contributed by atoms with Crippen molar-refractivity contribution in [2.24, 2.45) is 11.8 Å². The highest BCUT2D eigenvalue weighted by atomic mass is 31.2. The number of hydrogen-bond acceptors (Lipinski definition) is 15. The summed E-state index contributed by atoms with van der Waals surface area (Å²) in [5, 5.41) is 10.6. The predicted octanol–water partition coefficient (Wildman–Crippen LogP) is 23.5. The van der Waals surface area contributed by atoms with E-state index in [2.05, 4.69) is 41.5 Å². The van der Waals surface area contributed by atoms with Crippen LogP contribution in [0.25, 0.3) is 0 Å². The van der Waals surface area contributed by atoms with Gasteiger partial charge in [0.05, 0.1) is 26.4 Å². The highest BCUT2D eigenvalue weighted by Crippen LogP contribution is 2.45. The highest BCUT2D eigenvalue weighted by Gasteiger charge is 2.30. The Morgan fingerprint density at radius 3 is 0.724 bits per heavy atom. The van der Waals surface area contributed by atoms with Gasteiger partial charge < -0.3 is 33.8 Å². The molecule has 0 aliphatic carbocycles. The summed E-state index contributed by atoms with van der Waals surface area (Å²) in [6.07, 6.45) is 59.5. The molecule has 0 aromatic carbocycles. The number of esters is 4. The average molecular weight is 1440 g/mol. The number of aliphatic hydroxyl groups is 1. The SMILES string of the molecule is CCCCCCCCCCCCCCCCCCCCCCC(=O)O[C@H](COC(=O)CCCCCCCCCCCCC(C)CC)COP(=O)(O)OC[C@@H](O)COP(=O)(O)OC[C@@H](COC(=O)CCCCCCCCCCCCCC)OC(=O)CCCCCCCCCCC(C)CC. The molecule has 4 unspecified atom stereocenters. The van der Waals surface area contributed by atoms with Crippen molar-refractivity contribution in [3.8, 4) is 0 Å². The fraction of sp³-hybridized carbons (Fsp3) is 0.949. The predicted molar refractivity (Wildman–Crippen MR) is 400 cm³/mol. The normalized spacial score (nSPS) is 14.5. The minimum absolute atomic E-state index is 0.105. The molecule has 0 bridgehead atoms. The van der Waals surface area contributed by atoms with Crippen LogP contribution in [0.15, 0.2) is 0 Å². The van der Waals surface area contributed by atoms with Crippen LogP contribution in [-0.4, -0.2) is 96.7 Å². The Hall–Kier alpha value is -1.94. The molecule has 0 aliphatic rings. The fourth-order valence-corrected chi connectivity index (χ4v) is 13.7. The first-order valence-electron chi connectivity index (χ1n) is 41.1. The zero-order valence-electron chi connectivity index (χ0n) is 64.1. The van der Waals surface area contributed by atoms with Gasteiger partial charge in [0.25, 0.3) is 0 Å². The second-order valence-electron chi connectivity index (χ2n) is 28.9. The van der Waals surface area contributed by atoms with Gasteiger partial charge in [-0.05, 0) is 37.5 Å². The molecule has 0 spiro atoms. The molecule has 0 rings (SSSR count). The van der Waals surface area contributed by atoms with Crippen LogP contribution in [-0.2, 0) is 65.4 Å². The van der Waals surface area contributed by atoms with Crippen LogP contribution in [0, 0.1) is 11.8 Å². The number of aliphatic hydroxyl groups excluding tert-OH is 1. The summed E-state index contributed by atoms with van der Waals surface area (Å²) in [6.45, 7) is 9.64. The number of unbranched alkanes of at least 4 members (excludes halogenated alkanes) is 46. The maximum absolute atomic E-state index is 13.1. The number of rotatable bonds is 78. The number of phosphoric acid groups is 2. The number of carbonyl (C=O) groups excluding carboxylic acids is 4. The second-order valence-corrected chi connectivity index (χ2v) is 31.8. The first kappa shape index (κ1) is 96.1. The van der Waals surface area contributed by atoms with Crippen LogP contribution in [0.3, 0.4) is 0 Å². The van der Waals surface area contributed by atoms with E-state index in [1.54, 1.807) is 0 Å². The van der Waals surface area contributed by atoms with Crippen molar-refractivity contribution in [2.75, 3.05) is 39.6 Å². The smallest absolute Gasteiger partial charge is 0.462 e. The summed E-state index contributed by atoms with van der Waals surface area (Å²) in [5.41, 5.74) is 0. The van der Waals surface area contributed by atoms with E-state index in [0.717, 1.165) is 102 Å². The minimum Gasteiger partial charge on any atom is -0.462 e. The molecule has 7 atom stereocenters. The van der Waals surface area contributed by atoms with Gasteiger partial charge in [0.1, 0.15) is 19.3 Å². The molecule has 17 nitrogen and oxygen atoms in total. The third kappa shape index (κ3) is 69.8. The van der Waals surface area contributed by atoms with E-state index in [9.17, 15) is 43.2 Å². The zero-order chi connectivity index (χ0) is 72.1. The van der Waals surface area contributed by atoms with Gasteiger partial charge in [-0.3, -0.25) is 37.3 Å². The van der Waals surface area contributed by atoms with E-state index in [0.29, 0.717) is 25.7 Å². The van der Waals surface area contributed by atoms with Crippen molar-refractivity contribution in [1.82, 2.24) is 0 Å². The van der Waals surface area contributed by atoms with Crippen molar-refractivity contribution in [2.45, 2.75) is 432 Å². The zero-order valence-corrected chi connectivity index (χ0v) is 65.9. The largest absolute Gasteiger partial charge is 0.472 e. The lowest BCUT2D eigenvalue weighted by molar-refractivity contribution is -0.161. The molecule has 0 aliphatic heterocycles. The summed E-state index contributed by atoms with van der Waals surface area (Å²) in [5.74, 6) is -0.533. The van der Waals surface area contributed by atoms with Gasteiger partial charge in [-0.15, -0.1) is 0 Å². The Balaban J connectivity index is 5.24. The molecular weight excluding hydrogens is 1280 g/mol. The molecule has 98 heavy (non-hydrogen) atoms. The number of ether oxygens (including phenoxy) is 4. The monoisotopic (exact) mass is 1440 g/mol. The van der Waals surface area contributed by atoms with Crippen LogP contribution in [0.2, 0.25) is 0 Å². The van der Waals surface area contributed by atoms with Crippen molar-refractivity contribution in [3.63, 3.8) is 0 Å². The van der Waals surface area contributed by atoms with Gasteiger partial charge in [0.2, 0.25) is 0 Å². The quantitative estimate of drug-likeness (QED) is 0.0222. The fourth-order valence-electron chi connectivity index (χ4n) is 12.1. The molecule has 0 radical (unpaired) electrons. The Morgan fingerprint density at radius 1 is 0.286 bits per heavy atom. The van der Waals surface area contributed by atoms with E-state index in [1.807, 2.05) is 0 Å². The lowest BCUT2D eigenvalue weighted by atomic mass is 9.99. The average Bonchev–Trinajstić information content (AvgIpc) is 1.04. The van der Waals surface area contributed by atoms with Crippen LogP contribution >= 0.6 is 15.6 Å². The highest BCUT2D eigenvalue weighted by molar-refractivity contribution is 7.47. The second kappa shape index (κ2) is 70.7. The van der Waals surface area contributed by atoms with Gasteiger partial charge in [-0.25, -0.2) is 9.13 Å². The molecular formula is C79H154O17P2. The maximum Gasteiger partial charge on any atom is 0.472 e. The van der Waals surface area contributed by atoms with E-state index in [4.69, 9.17) is 37.0 Å². The molecule has 0 aromatic rings. The van der Waals surface area contributed by atoms with Crippen LogP contribution in [0.1, 0.15) is 414 Å². The van der Waals surface area contributed by atoms with Crippen molar-refractivity contribution < 1.29 is 80.2 Å². The first-order valence-corrected chi connectivity index (χ1v) is 44.1. The standard InChI is InChI=1S/C79H154O17P2/c1-7-11-13-15-17-19-21-23-24-25-26-27-28-29-30-32-38-45-51-57-63-78(83)95-74(67-90-77(82)62-56-50-44-37-34-33-35-41-47-53-59-71(5)9-3)69-93-97(85,86)91-65-73(80)66-92-98(87,88)94-70-75(96-79(84)64-58-52-46-40-39-42-48-54-60-72(6)10-4)68-89-76(81)61-55-49-43-36-31-22-20-18-16-14-12-8-2/h71-75,80H,7-70H2,1-6H3,(H,85,86)(H,87,88)/t71?,72?,73-,74-,75-/m1/s1. The molecule has 0 amide bonds. The number of carbonyl (C=O) groups is 4. The van der Waals surface area contributed by atoms with Crippen LogP contribution < -0.4 is 0 Å². The summed E-state index contributed by atoms with van der Waals surface area (Å²) < 4.78 is 68.7. The number of hydrogen-bond donors (Lipinski definition) is 3. The van der Waals surface area contributed by atoms with Gasteiger partial charge >= 0.3 is 39.5 Å². The van der Waals surface area contributed by atoms with Crippen LogP contribution in [0.4, 0.5) is 0 Å². The molecule has 0 aromatic heterocycles. The molecule has 582 valence electrons. The summed E-state index contributed by atoms with van der Waals surface area (Å²) >= 11 is 0. The van der Waals surface area contributed by atoms with E-state index in [1.165, 1.54) is 231 Å². The van der Waals surface area contributed by atoms with Gasteiger partial charge in [-0.2, -0.15) is 0 Å². The van der Waals surface area contributed by atoms with Crippen molar-refractivity contribution >= 4 is 39.5 Å². The lowest BCUT2D eigenvalue weighted by Gasteiger charge is -2.21. The lowest BCUT2D eigenvalue weighted by Crippen LogP contribution is -2.30. The molecule has 0 heterocycles. The Labute approximate surface area is 600 Å². The van der Waals surface area contributed by atoms with Gasteiger partial charge in [0.15, 0.2) is 12.2 Å². The maximum atomic E-state index is 13.1. The summed E-state index contributed by atoms with van der Waals surface area (Å²) in [4.78, 5) is 72.9. The molecule has 19 heteroatoms. The van der Waals surface area contributed by atoms with E-state index >= 15 is 0 Å². The van der Waals surface area contributed by atoms with E-state index < -0.39 is 97.5 Å². The summed E-state index contributed by atoms with van der Waals surface area (Å²) in [6, 6.07) is 0. The van der Waals surface area contributed by atoms with Crippen molar-refractivity contribution in [1.29, 1.82) is 0 Å². The molecule has 0 saturated heterocycles. The number of phosphoric ester groups is 2. The Kier molecular flexibility index (Phi) is 69.3. The molecule has 0 saturated carbocycles. The molecule has 0 fully saturated rings. The van der Waals surface area contributed by atoms with Crippen molar-refractivity contribution in [3.05, 3.63) is 0 Å². The Bertz CT molecular complexity index is 1890. The van der Waals surface area contributed by atoms with Gasteiger partial charge in [-0.1, -0.05) is 363 Å². The topological polar surface area (TPSA) is 237 Å². The Morgan fingerprint density at radius 2 is 0.490 bits per heavy atom. The third-order valence-electron chi connectivity index (χ3n) is 19.2. The minimum atomic E-state index is -4.96. The van der Waals surface area contributed by atoms with Gasteiger partial charge in [0, 0.05) is 25.7 Å². The molecule has 3 N–H and O–H groups in total. The third-order valence-corrected chi connectivity index (χ3v) is 21.1. The van der Waals surface area contributed by atoms with Crippen LogP contribution in [0.5, 0.6) is 0 Å². The van der Waals surface area contributed by atoms with E-state index in [-0.39, 0.29) is 25.7 Å². The summed E-state index contributed by atoms with van der Waals surface area (Å²) in [7, 11) is -9.92.